The normalized spacial score (nSPS) is 23.6. The molecule has 5 rings (SSSR count). The quantitative estimate of drug-likeness (QED) is 0.700. The first-order valence-electron chi connectivity index (χ1n) is 12.9. The van der Waals surface area contributed by atoms with Gasteiger partial charge in [-0.05, 0) is 63.0 Å². The van der Waals surface area contributed by atoms with Gasteiger partial charge in [0.15, 0.2) is 0 Å². The van der Waals surface area contributed by atoms with Gasteiger partial charge in [0, 0.05) is 51.0 Å². The molecule has 0 radical (unpaired) electrons. The third-order valence-corrected chi connectivity index (χ3v) is 7.84. The van der Waals surface area contributed by atoms with Gasteiger partial charge in [0.25, 0.3) is 0 Å². The van der Waals surface area contributed by atoms with Crippen LogP contribution in [-0.2, 0) is 11.3 Å². The van der Waals surface area contributed by atoms with E-state index < -0.39 is 0 Å². The van der Waals surface area contributed by atoms with E-state index in [1.165, 1.54) is 24.1 Å². The lowest BCUT2D eigenvalue weighted by Gasteiger charge is -2.43. The zero-order valence-corrected chi connectivity index (χ0v) is 19.8. The van der Waals surface area contributed by atoms with Crippen molar-refractivity contribution >= 4 is 11.6 Å². The van der Waals surface area contributed by atoms with Gasteiger partial charge in [-0.15, -0.1) is 0 Å². The van der Waals surface area contributed by atoms with Crippen LogP contribution in [0.5, 0.6) is 0 Å². The summed E-state index contributed by atoms with van der Waals surface area (Å²) in [5.41, 5.74) is 2.68. The van der Waals surface area contributed by atoms with Gasteiger partial charge >= 0.3 is 0 Å². The summed E-state index contributed by atoms with van der Waals surface area (Å²) in [6.07, 6.45) is 4.67. The van der Waals surface area contributed by atoms with Crippen molar-refractivity contribution in [3.63, 3.8) is 0 Å². The minimum absolute atomic E-state index is 0.185. The van der Waals surface area contributed by atoms with Gasteiger partial charge in [-0.2, -0.15) is 0 Å². The Balaban J connectivity index is 1.09. The summed E-state index contributed by atoms with van der Waals surface area (Å²) >= 11 is 0. The van der Waals surface area contributed by atoms with Crippen LogP contribution in [0.4, 0.5) is 5.69 Å². The lowest BCUT2D eigenvalue weighted by molar-refractivity contribution is -0.138. The number of likely N-dealkylation sites (tertiary alicyclic amines) is 2. The fourth-order valence-electron chi connectivity index (χ4n) is 5.91. The van der Waals surface area contributed by atoms with E-state index in [1.807, 2.05) is 0 Å². The Morgan fingerprint density at radius 2 is 1.42 bits per heavy atom. The molecule has 3 fully saturated rings. The molecule has 1 unspecified atom stereocenters. The van der Waals surface area contributed by atoms with Gasteiger partial charge in [0.05, 0.1) is 5.92 Å². The van der Waals surface area contributed by atoms with E-state index >= 15 is 0 Å². The molecular weight excluding hydrogens is 408 g/mol. The smallest absolute Gasteiger partial charge is 0.227 e. The number of benzene rings is 2. The van der Waals surface area contributed by atoms with Crippen LogP contribution in [0.25, 0.3) is 0 Å². The molecule has 33 heavy (non-hydrogen) atoms. The van der Waals surface area contributed by atoms with Gasteiger partial charge in [0.2, 0.25) is 5.91 Å². The van der Waals surface area contributed by atoms with Crippen LogP contribution >= 0.6 is 0 Å². The fraction of sp³-hybridized carbons (Fsp3) is 0.536. The Morgan fingerprint density at radius 3 is 2.12 bits per heavy atom. The number of hydrogen-bond acceptors (Lipinski definition) is 4. The first-order valence-corrected chi connectivity index (χ1v) is 12.9. The van der Waals surface area contributed by atoms with Gasteiger partial charge in [-0.3, -0.25) is 14.6 Å². The molecule has 0 saturated carbocycles. The number of carbonyl (C=O) groups excluding carboxylic acids is 1. The molecule has 176 valence electrons. The Hall–Kier alpha value is -2.37. The lowest BCUT2D eigenvalue weighted by Crippen LogP contribution is -2.54. The van der Waals surface area contributed by atoms with Crippen molar-refractivity contribution in [3.05, 3.63) is 66.2 Å². The van der Waals surface area contributed by atoms with Crippen LogP contribution in [0.1, 0.15) is 31.2 Å². The van der Waals surface area contributed by atoms with Gasteiger partial charge in [-0.1, -0.05) is 48.5 Å². The highest BCUT2D eigenvalue weighted by atomic mass is 16.2. The summed E-state index contributed by atoms with van der Waals surface area (Å²) in [5, 5.41) is 0. The van der Waals surface area contributed by atoms with Gasteiger partial charge < -0.3 is 9.80 Å². The number of hydrogen-bond donors (Lipinski definition) is 0. The summed E-state index contributed by atoms with van der Waals surface area (Å²) in [5.74, 6) is 0.582. The number of anilines is 1. The Bertz CT molecular complexity index is 873. The second-order valence-corrected chi connectivity index (χ2v) is 9.97. The average molecular weight is 447 g/mol. The molecule has 3 aliphatic heterocycles. The van der Waals surface area contributed by atoms with E-state index in [-0.39, 0.29) is 5.92 Å². The largest absolute Gasteiger partial charge is 0.368 e. The van der Waals surface area contributed by atoms with Gasteiger partial charge in [0.1, 0.15) is 0 Å². The maximum Gasteiger partial charge on any atom is 0.227 e. The van der Waals surface area contributed by atoms with Crippen LogP contribution in [-0.4, -0.2) is 79.0 Å². The predicted molar refractivity (Wildman–Crippen MR) is 134 cm³/mol. The first-order chi connectivity index (χ1) is 16.3. The average Bonchev–Trinajstić information content (AvgIpc) is 2.90. The highest BCUT2D eigenvalue weighted by Crippen LogP contribution is 2.26. The molecular formula is C28H38N4O. The standard InChI is InChI=1S/C28H38N4O/c33-28(31-20-18-30(19-21-31)26-11-5-2-6-12-26)25-10-7-15-32(23-25)27-13-16-29(17-14-27)22-24-8-3-1-4-9-24/h1-6,8-9,11-12,25,27H,7,10,13-23H2. The topological polar surface area (TPSA) is 30.0 Å². The van der Waals surface area contributed by atoms with E-state index in [0.717, 1.165) is 71.7 Å². The highest BCUT2D eigenvalue weighted by molar-refractivity contribution is 5.79. The van der Waals surface area contributed by atoms with Crippen LogP contribution in [0, 0.1) is 5.92 Å². The number of rotatable bonds is 5. The molecule has 2 aromatic rings. The van der Waals surface area contributed by atoms with Crippen molar-refractivity contribution in [2.45, 2.75) is 38.3 Å². The number of piperazine rings is 1. The zero-order valence-electron chi connectivity index (χ0n) is 19.8. The van der Waals surface area contributed by atoms with E-state index in [9.17, 15) is 4.79 Å². The van der Waals surface area contributed by atoms with Crippen molar-refractivity contribution < 1.29 is 4.79 Å². The summed E-state index contributed by atoms with van der Waals surface area (Å²) in [6, 6.07) is 22.0. The van der Waals surface area contributed by atoms with Crippen LogP contribution in [0.15, 0.2) is 60.7 Å². The second kappa shape index (κ2) is 10.7. The van der Waals surface area contributed by atoms with E-state index in [2.05, 4.69) is 80.3 Å². The molecule has 1 amide bonds. The third-order valence-electron chi connectivity index (χ3n) is 7.84. The van der Waals surface area contributed by atoms with Crippen molar-refractivity contribution in [1.29, 1.82) is 0 Å². The van der Waals surface area contributed by atoms with Crippen molar-refractivity contribution in [2.75, 3.05) is 57.3 Å². The summed E-state index contributed by atoms with van der Waals surface area (Å²) in [7, 11) is 0. The number of piperidine rings is 2. The SMILES string of the molecule is O=C(C1CCCN(C2CCN(Cc3ccccc3)CC2)C1)N1CCN(c2ccccc2)CC1. The molecule has 0 aliphatic carbocycles. The van der Waals surface area contributed by atoms with Crippen LogP contribution in [0.2, 0.25) is 0 Å². The summed E-state index contributed by atoms with van der Waals surface area (Å²) < 4.78 is 0. The Morgan fingerprint density at radius 1 is 0.758 bits per heavy atom. The minimum Gasteiger partial charge on any atom is -0.368 e. The molecule has 5 heteroatoms. The molecule has 3 heterocycles. The summed E-state index contributed by atoms with van der Waals surface area (Å²) in [6.45, 7) is 9.08. The number of amides is 1. The van der Waals surface area contributed by atoms with Crippen molar-refractivity contribution in [1.82, 2.24) is 14.7 Å². The van der Waals surface area contributed by atoms with E-state index in [1.54, 1.807) is 0 Å². The first kappa shape index (κ1) is 22.4. The van der Waals surface area contributed by atoms with E-state index in [4.69, 9.17) is 0 Å². The van der Waals surface area contributed by atoms with Crippen molar-refractivity contribution in [2.24, 2.45) is 5.92 Å². The molecule has 0 aromatic heterocycles. The fourth-order valence-corrected chi connectivity index (χ4v) is 5.91. The molecule has 0 N–H and O–H groups in total. The van der Waals surface area contributed by atoms with Crippen molar-refractivity contribution in [3.8, 4) is 0 Å². The molecule has 3 aliphatic rings. The number of para-hydroxylation sites is 1. The number of carbonyl (C=O) groups is 1. The number of nitrogens with zero attached hydrogens (tertiary/aromatic N) is 4. The Labute approximate surface area is 199 Å². The maximum absolute atomic E-state index is 13.4. The Kier molecular flexibility index (Phi) is 7.27. The van der Waals surface area contributed by atoms with Crippen LogP contribution < -0.4 is 4.90 Å². The molecule has 5 nitrogen and oxygen atoms in total. The zero-order chi connectivity index (χ0) is 22.5. The minimum atomic E-state index is 0.185. The summed E-state index contributed by atoms with van der Waals surface area (Å²) in [4.78, 5) is 23.1. The highest BCUT2D eigenvalue weighted by Gasteiger charge is 2.34. The monoisotopic (exact) mass is 446 g/mol. The van der Waals surface area contributed by atoms with E-state index in [0.29, 0.717) is 11.9 Å². The molecule has 1 atom stereocenters. The maximum atomic E-state index is 13.4. The molecule has 0 spiro atoms. The molecule has 2 aromatic carbocycles. The second-order valence-electron chi connectivity index (χ2n) is 9.97. The third kappa shape index (κ3) is 5.59. The molecule has 3 saturated heterocycles. The van der Waals surface area contributed by atoms with Gasteiger partial charge in [-0.25, -0.2) is 0 Å². The lowest BCUT2D eigenvalue weighted by atomic mass is 9.92. The van der Waals surface area contributed by atoms with Crippen LogP contribution in [0.3, 0.4) is 0 Å². The predicted octanol–water partition coefficient (Wildman–Crippen LogP) is 3.71. The molecule has 0 bridgehead atoms.